The van der Waals surface area contributed by atoms with Crippen molar-refractivity contribution in [1.82, 2.24) is 5.32 Å². The minimum absolute atomic E-state index is 0.0652. The summed E-state index contributed by atoms with van der Waals surface area (Å²) in [5, 5.41) is 3.19. The van der Waals surface area contributed by atoms with Crippen LogP contribution in [-0.2, 0) is 14.8 Å². The number of nitrogens with zero attached hydrogens (tertiary/aromatic N) is 1. The zero-order valence-electron chi connectivity index (χ0n) is 21.9. The zero-order valence-corrected chi connectivity index (χ0v) is 23.5. The van der Waals surface area contributed by atoms with Gasteiger partial charge >= 0.3 is 0 Å². The number of hydrogen-bond donors (Lipinski definition) is 1. The largest absolute Gasteiger partial charge is 0.496 e. The highest BCUT2D eigenvalue weighted by molar-refractivity contribution is 7.92. The summed E-state index contributed by atoms with van der Waals surface area (Å²) >= 11 is 6.30. The van der Waals surface area contributed by atoms with Crippen LogP contribution in [0.2, 0.25) is 5.02 Å². The number of anilines is 1. The van der Waals surface area contributed by atoms with Gasteiger partial charge in [-0.05, 0) is 78.9 Å². The van der Waals surface area contributed by atoms with Crippen LogP contribution >= 0.6 is 11.6 Å². The van der Waals surface area contributed by atoms with E-state index in [1.165, 1.54) is 25.3 Å². The molecule has 3 aromatic carbocycles. The lowest BCUT2D eigenvalue weighted by molar-refractivity contribution is -0.120. The van der Waals surface area contributed by atoms with E-state index in [2.05, 4.69) is 19.2 Å². The molecular weight excluding hydrogens is 512 g/mol. The molecule has 0 heterocycles. The van der Waals surface area contributed by atoms with Crippen molar-refractivity contribution in [2.75, 3.05) is 25.1 Å². The van der Waals surface area contributed by atoms with E-state index in [9.17, 15) is 13.2 Å². The van der Waals surface area contributed by atoms with Crippen molar-refractivity contribution in [3.63, 3.8) is 0 Å². The number of hydrogen-bond acceptors (Lipinski definition) is 5. The third kappa shape index (κ3) is 6.37. The lowest BCUT2D eigenvalue weighted by Gasteiger charge is -2.26. The van der Waals surface area contributed by atoms with Crippen LogP contribution in [0.25, 0.3) is 0 Å². The summed E-state index contributed by atoms with van der Waals surface area (Å²) in [5.74, 6) is 0.964. The smallest absolute Gasteiger partial charge is 0.264 e. The van der Waals surface area contributed by atoms with Crippen molar-refractivity contribution in [3.8, 4) is 11.5 Å². The summed E-state index contributed by atoms with van der Waals surface area (Å²) in [5.41, 5.74) is 3.18. The predicted molar refractivity (Wildman–Crippen MR) is 147 cm³/mol. The molecule has 198 valence electrons. The van der Waals surface area contributed by atoms with Crippen LogP contribution in [0.1, 0.15) is 49.4 Å². The number of halogens is 1. The number of amides is 1. The minimum Gasteiger partial charge on any atom is -0.496 e. The molecule has 1 N–H and O–H groups in total. The summed E-state index contributed by atoms with van der Waals surface area (Å²) in [6, 6.07) is 16.2. The molecule has 9 heteroatoms. The van der Waals surface area contributed by atoms with Crippen LogP contribution in [0, 0.1) is 6.92 Å². The zero-order chi connectivity index (χ0) is 27.3. The Morgan fingerprint density at radius 2 is 1.59 bits per heavy atom. The molecule has 0 aliphatic carbocycles. The SMILES string of the molecule is COc1ccc(N(CC(=O)N[C@H](C)c2cc(C(C)C)c(OC)cc2C)S(=O)(=O)c2ccccc2)cc1Cl. The summed E-state index contributed by atoms with van der Waals surface area (Å²) in [4.78, 5) is 13.3. The summed E-state index contributed by atoms with van der Waals surface area (Å²) < 4.78 is 39.0. The number of benzene rings is 3. The van der Waals surface area contributed by atoms with Crippen molar-refractivity contribution in [1.29, 1.82) is 0 Å². The maximum atomic E-state index is 13.6. The fourth-order valence-corrected chi connectivity index (χ4v) is 5.84. The number of sulfonamides is 1. The highest BCUT2D eigenvalue weighted by Gasteiger charge is 2.28. The van der Waals surface area contributed by atoms with E-state index in [-0.39, 0.29) is 27.6 Å². The predicted octanol–water partition coefficient (Wildman–Crippen LogP) is 5.86. The number of nitrogens with one attached hydrogen (secondary N) is 1. The van der Waals surface area contributed by atoms with E-state index in [1.807, 2.05) is 26.0 Å². The molecule has 37 heavy (non-hydrogen) atoms. The van der Waals surface area contributed by atoms with Crippen LogP contribution in [-0.4, -0.2) is 35.1 Å². The molecule has 0 unspecified atom stereocenters. The first kappa shape index (κ1) is 28.3. The van der Waals surface area contributed by atoms with E-state index in [0.717, 1.165) is 26.7 Å². The van der Waals surface area contributed by atoms with Gasteiger partial charge in [-0.3, -0.25) is 9.10 Å². The van der Waals surface area contributed by atoms with Gasteiger partial charge in [-0.1, -0.05) is 43.6 Å². The minimum atomic E-state index is -4.06. The average Bonchev–Trinajstić information content (AvgIpc) is 2.87. The van der Waals surface area contributed by atoms with Crippen LogP contribution < -0.4 is 19.1 Å². The molecule has 0 aromatic heterocycles. The Balaban J connectivity index is 1.94. The van der Waals surface area contributed by atoms with E-state index < -0.39 is 22.5 Å². The molecule has 0 aliphatic heterocycles. The van der Waals surface area contributed by atoms with Crippen LogP contribution in [0.4, 0.5) is 5.69 Å². The van der Waals surface area contributed by atoms with Gasteiger partial charge in [0.15, 0.2) is 0 Å². The molecule has 0 spiro atoms. The number of carbonyl (C=O) groups excluding carboxylic acids is 1. The Kier molecular flexibility index (Phi) is 9.10. The second kappa shape index (κ2) is 11.9. The molecule has 7 nitrogen and oxygen atoms in total. The molecular formula is C28H33ClN2O5S. The van der Waals surface area contributed by atoms with Gasteiger partial charge in [-0.2, -0.15) is 0 Å². The Morgan fingerprint density at radius 1 is 0.946 bits per heavy atom. The molecule has 3 rings (SSSR count). The Hall–Kier alpha value is -3.23. The first-order valence-corrected chi connectivity index (χ1v) is 13.7. The third-order valence-corrected chi connectivity index (χ3v) is 8.21. The number of aryl methyl sites for hydroxylation is 1. The van der Waals surface area contributed by atoms with Gasteiger partial charge in [0, 0.05) is 0 Å². The second-order valence-electron chi connectivity index (χ2n) is 9.04. The maximum absolute atomic E-state index is 13.6. The van der Waals surface area contributed by atoms with Crippen LogP contribution in [0.5, 0.6) is 11.5 Å². The van der Waals surface area contributed by atoms with E-state index in [1.54, 1.807) is 37.4 Å². The fraction of sp³-hybridized carbons (Fsp3) is 0.321. The third-order valence-electron chi connectivity index (χ3n) is 6.13. The first-order valence-electron chi connectivity index (χ1n) is 11.9. The van der Waals surface area contributed by atoms with E-state index in [4.69, 9.17) is 21.1 Å². The number of carbonyl (C=O) groups is 1. The maximum Gasteiger partial charge on any atom is 0.264 e. The Labute approximate surface area is 224 Å². The molecule has 0 saturated heterocycles. The summed E-state index contributed by atoms with van der Waals surface area (Å²) in [6.45, 7) is 7.54. The highest BCUT2D eigenvalue weighted by Crippen LogP contribution is 2.33. The number of ether oxygens (including phenoxy) is 2. The topological polar surface area (TPSA) is 84.9 Å². The molecule has 0 radical (unpaired) electrons. The van der Waals surface area contributed by atoms with Gasteiger partial charge in [-0.15, -0.1) is 0 Å². The normalized spacial score (nSPS) is 12.2. The Morgan fingerprint density at radius 3 is 2.16 bits per heavy atom. The van der Waals surface area contributed by atoms with Crippen LogP contribution in [0.3, 0.4) is 0 Å². The molecule has 3 aromatic rings. The monoisotopic (exact) mass is 544 g/mol. The van der Waals surface area contributed by atoms with Gasteiger partial charge in [0.2, 0.25) is 5.91 Å². The van der Waals surface area contributed by atoms with Gasteiger partial charge in [-0.25, -0.2) is 8.42 Å². The average molecular weight is 545 g/mol. The van der Waals surface area contributed by atoms with Gasteiger partial charge in [0.25, 0.3) is 10.0 Å². The quantitative estimate of drug-likeness (QED) is 0.345. The molecule has 1 atom stereocenters. The molecule has 1 amide bonds. The summed E-state index contributed by atoms with van der Waals surface area (Å²) in [7, 11) is -0.955. The highest BCUT2D eigenvalue weighted by atomic mass is 35.5. The molecule has 0 saturated carbocycles. The number of rotatable bonds is 10. The lowest BCUT2D eigenvalue weighted by Crippen LogP contribution is -2.41. The van der Waals surface area contributed by atoms with Crippen LogP contribution in [0.15, 0.2) is 65.6 Å². The fourth-order valence-electron chi connectivity index (χ4n) is 4.15. The Bertz CT molecular complexity index is 1360. The standard InChI is InChI=1S/C28H33ClN2O5S/c1-18(2)23-16-24(19(3)14-27(23)36-6)20(4)30-28(32)17-31(21-12-13-26(35-5)25(29)15-21)37(33,34)22-10-8-7-9-11-22/h7-16,18,20H,17H2,1-6H3,(H,30,32)/t20-/m1/s1. The molecule has 0 bridgehead atoms. The van der Waals surface area contributed by atoms with E-state index in [0.29, 0.717) is 5.75 Å². The van der Waals surface area contributed by atoms with Crippen molar-refractivity contribution < 1.29 is 22.7 Å². The van der Waals surface area contributed by atoms with Gasteiger partial charge < -0.3 is 14.8 Å². The summed E-state index contributed by atoms with van der Waals surface area (Å²) in [6.07, 6.45) is 0. The number of methoxy groups -OCH3 is 2. The van der Waals surface area contributed by atoms with Crippen molar-refractivity contribution in [2.45, 2.75) is 44.6 Å². The van der Waals surface area contributed by atoms with Crippen molar-refractivity contribution >= 4 is 33.2 Å². The van der Waals surface area contributed by atoms with Crippen molar-refractivity contribution in [2.24, 2.45) is 0 Å². The molecule has 0 aliphatic rings. The van der Waals surface area contributed by atoms with Gasteiger partial charge in [0.05, 0.1) is 35.9 Å². The van der Waals surface area contributed by atoms with Crippen molar-refractivity contribution in [3.05, 3.63) is 82.4 Å². The first-order chi connectivity index (χ1) is 17.5. The van der Waals surface area contributed by atoms with E-state index >= 15 is 0 Å². The second-order valence-corrected chi connectivity index (χ2v) is 11.3. The molecule has 0 fully saturated rings. The lowest BCUT2D eigenvalue weighted by atomic mass is 9.93. The van der Waals surface area contributed by atoms with Gasteiger partial charge in [0.1, 0.15) is 18.0 Å².